The molecule has 2 rings (SSSR count). The zero-order valence-electron chi connectivity index (χ0n) is 11.6. The van der Waals surface area contributed by atoms with E-state index < -0.39 is 0 Å². The molecule has 1 aromatic carbocycles. The molecule has 0 saturated heterocycles. The Morgan fingerprint density at radius 1 is 1.21 bits per heavy atom. The van der Waals surface area contributed by atoms with Crippen LogP contribution in [0.4, 0.5) is 5.69 Å². The Hall–Kier alpha value is -1.57. The van der Waals surface area contributed by atoms with E-state index in [4.69, 9.17) is 0 Å². The average molecular weight is 257 g/mol. The monoisotopic (exact) mass is 257 g/mol. The summed E-state index contributed by atoms with van der Waals surface area (Å²) in [6, 6.07) is 8.04. The minimum atomic E-state index is 0.296. The number of para-hydroxylation sites is 1. The summed E-state index contributed by atoms with van der Waals surface area (Å²) in [5.41, 5.74) is 2.04. The summed E-state index contributed by atoms with van der Waals surface area (Å²) in [5.74, 6) is 0.296. The first-order chi connectivity index (χ1) is 9.33. The number of allylic oxidation sites excluding steroid dienone is 1. The number of hydrogen-bond acceptors (Lipinski definition) is 2. The molecule has 0 aliphatic carbocycles. The molecule has 19 heavy (non-hydrogen) atoms. The molecule has 0 unspecified atom stereocenters. The van der Waals surface area contributed by atoms with Crippen molar-refractivity contribution in [3.63, 3.8) is 0 Å². The van der Waals surface area contributed by atoms with Crippen molar-refractivity contribution in [3.8, 4) is 0 Å². The summed E-state index contributed by atoms with van der Waals surface area (Å²) < 4.78 is 0. The van der Waals surface area contributed by atoms with E-state index in [1.54, 1.807) is 0 Å². The molecule has 0 spiro atoms. The average Bonchev–Trinajstić information content (AvgIpc) is 2.59. The lowest BCUT2D eigenvalue weighted by Crippen LogP contribution is -2.25. The molecule has 2 heteroatoms. The van der Waals surface area contributed by atoms with E-state index in [1.165, 1.54) is 19.3 Å². The maximum Gasteiger partial charge on any atom is 0.165 e. The summed E-state index contributed by atoms with van der Waals surface area (Å²) in [7, 11) is 0. The summed E-state index contributed by atoms with van der Waals surface area (Å²) in [5, 5.41) is 0. The van der Waals surface area contributed by atoms with Gasteiger partial charge in [0.15, 0.2) is 5.78 Å². The third-order valence-electron chi connectivity index (χ3n) is 3.71. The summed E-state index contributed by atoms with van der Waals surface area (Å²) >= 11 is 0. The molecule has 1 aromatic rings. The van der Waals surface area contributed by atoms with Crippen LogP contribution in [0.3, 0.4) is 0 Å². The van der Waals surface area contributed by atoms with Crippen molar-refractivity contribution in [2.75, 3.05) is 18.0 Å². The first-order valence-electron chi connectivity index (χ1n) is 7.31. The smallest absolute Gasteiger partial charge is 0.165 e. The first-order valence-corrected chi connectivity index (χ1v) is 7.31. The van der Waals surface area contributed by atoms with Gasteiger partial charge >= 0.3 is 0 Å². The van der Waals surface area contributed by atoms with Gasteiger partial charge in [-0.3, -0.25) is 4.79 Å². The topological polar surface area (TPSA) is 20.3 Å². The second kappa shape index (κ2) is 7.13. The van der Waals surface area contributed by atoms with Gasteiger partial charge in [-0.05, 0) is 37.8 Å². The number of unbranched alkanes of at least 4 members (excludes halogenated alkanes) is 3. The van der Waals surface area contributed by atoms with Crippen molar-refractivity contribution >= 4 is 11.5 Å². The Kier molecular flexibility index (Phi) is 5.20. The highest BCUT2D eigenvalue weighted by atomic mass is 16.1. The maximum atomic E-state index is 12.0. The highest BCUT2D eigenvalue weighted by Gasteiger charge is 2.19. The van der Waals surface area contributed by atoms with E-state index >= 15 is 0 Å². The molecule has 1 aliphatic heterocycles. The fourth-order valence-electron chi connectivity index (χ4n) is 2.67. The number of Topliss-reactive ketones (excluding diaryl/α,β-unsaturated/α-hetero) is 1. The van der Waals surface area contributed by atoms with Crippen LogP contribution in [0.5, 0.6) is 0 Å². The number of benzene rings is 1. The van der Waals surface area contributed by atoms with E-state index in [-0.39, 0.29) is 0 Å². The van der Waals surface area contributed by atoms with Crippen molar-refractivity contribution in [2.24, 2.45) is 0 Å². The Labute approximate surface area is 116 Å². The number of hydrogen-bond donors (Lipinski definition) is 0. The molecule has 0 N–H and O–H groups in total. The predicted octanol–water partition coefficient (Wildman–Crippen LogP) is 4.22. The van der Waals surface area contributed by atoms with Crippen LogP contribution in [0, 0.1) is 0 Å². The third kappa shape index (κ3) is 3.69. The van der Waals surface area contributed by atoms with Gasteiger partial charge in [-0.25, -0.2) is 0 Å². The van der Waals surface area contributed by atoms with Gasteiger partial charge in [-0.1, -0.05) is 24.6 Å². The van der Waals surface area contributed by atoms with Crippen LogP contribution < -0.4 is 4.90 Å². The van der Waals surface area contributed by atoms with Crippen LogP contribution in [0.2, 0.25) is 0 Å². The fourth-order valence-corrected chi connectivity index (χ4v) is 2.67. The third-order valence-corrected chi connectivity index (χ3v) is 3.71. The molecule has 2 nitrogen and oxygen atoms in total. The van der Waals surface area contributed by atoms with Gasteiger partial charge in [0.1, 0.15) is 0 Å². The Balaban J connectivity index is 1.98. The zero-order valence-corrected chi connectivity index (χ0v) is 11.6. The van der Waals surface area contributed by atoms with Crippen LogP contribution in [-0.2, 0) is 0 Å². The Bertz CT molecular complexity index is 439. The summed E-state index contributed by atoms with van der Waals surface area (Å²) in [4.78, 5) is 14.4. The Morgan fingerprint density at radius 3 is 2.89 bits per heavy atom. The van der Waals surface area contributed by atoms with Crippen LogP contribution in [0.1, 0.15) is 48.9 Å². The second-order valence-corrected chi connectivity index (χ2v) is 5.17. The molecule has 0 radical (unpaired) electrons. The summed E-state index contributed by atoms with van der Waals surface area (Å²) in [6.45, 7) is 5.81. The van der Waals surface area contributed by atoms with Crippen molar-refractivity contribution in [3.05, 3.63) is 42.5 Å². The van der Waals surface area contributed by atoms with Gasteiger partial charge in [-0.2, -0.15) is 0 Å². The van der Waals surface area contributed by atoms with Gasteiger partial charge < -0.3 is 4.90 Å². The van der Waals surface area contributed by atoms with Crippen molar-refractivity contribution in [1.29, 1.82) is 0 Å². The highest BCUT2D eigenvalue weighted by Crippen LogP contribution is 2.26. The molecule has 0 bridgehead atoms. The SMILES string of the molecule is C=CCCCCCN1CCCC(=O)c2ccccc21. The molecular formula is C17H23NO. The molecular weight excluding hydrogens is 234 g/mol. The largest absolute Gasteiger partial charge is 0.371 e. The van der Waals surface area contributed by atoms with Crippen molar-refractivity contribution in [1.82, 2.24) is 0 Å². The number of carbonyl (C=O) groups excluding carboxylic acids is 1. The number of nitrogens with zero attached hydrogens (tertiary/aromatic N) is 1. The molecule has 0 fully saturated rings. The van der Waals surface area contributed by atoms with Gasteiger partial charge in [0.25, 0.3) is 0 Å². The minimum absolute atomic E-state index is 0.296. The van der Waals surface area contributed by atoms with E-state index in [0.29, 0.717) is 12.2 Å². The lowest BCUT2D eigenvalue weighted by atomic mass is 10.1. The van der Waals surface area contributed by atoms with Gasteiger partial charge in [-0.15, -0.1) is 6.58 Å². The van der Waals surface area contributed by atoms with Gasteiger partial charge in [0.05, 0.1) is 0 Å². The van der Waals surface area contributed by atoms with Crippen LogP contribution in [0.15, 0.2) is 36.9 Å². The normalized spacial score (nSPS) is 14.9. The van der Waals surface area contributed by atoms with E-state index in [2.05, 4.69) is 17.5 Å². The predicted molar refractivity (Wildman–Crippen MR) is 80.9 cm³/mol. The molecule has 1 aliphatic rings. The fraction of sp³-hybridized carbons (Fsp3) is 0.471. The highest BCUT2D eigenvalue weighted by molar-refractivity contribution is 6.01. The first kappa shape index (κ1) is 13.9. The summed E-state index contributed by atoms with van der Waals surface area (Å²) in [6.07, 6.45) is 8.39. The van der Waals surface area contributed by atoms with Crippen LogP contribution in [-0.4, -0.2) is 18.9 Å². The molecule has 0 atom stereocenters. The van der Waals surface area contributed by atoms with Gasteiger partial charge in [0.2, 0.25) is 0 Å². The lowest BCUT2D eigenvalue weighted by molar-refractivity contribution is 0.0984. The molecule has 1 heterocycles. The molecule has 0 aromatic heterocycles. The number of anilines is 1. The molecule has 102 valence electrons. The molecule has 0 amide bonds. The zero-order chi connectivity index (χ0) is 13.5. The number of fused-ring (bicyclic) bond motifs is 1. The van der Waals surface area contributed by atoms with Crippen molar-refractivity contribution in [2.45, 2.75) is 38.5 Å². The van der Waals surface area contributed by atoms with Gasteiger partial charge in [0, 0.05) is 30.8 Å². The number of rotatable bonds is 6. The van der Waals surface area contributed by atoms with E-state index in [0.717, 1.165) is 37.2 Å². The number of carbonyl (C=O) groups is 1. The van der Waals surface area contributed by atoms with E-state index in [9.17, 15) is 4.79 Å². The van der Waals surface area contributed by atoms with E-state index in [1.807, 2.05) is 24.3 Å². The standard InChI is InChI=1S/C17H23NO/c1-2-3-4-5-8-13-18-14-9-12-17(19)15-10-6-7-11-16(15)18/h2,6-7,10-11H,1,3-5,8-9,12-14H2. The minimum Gasteiger partial charge on any atom is -0.371 e. The second-order valence-electron chi connectivity index (χ2n) is 5.17. The maximum absolute atomic E-state index is 12.0. The lowest BCUT2D eigenvalue weighted by Gasteiger charge is -2.24. The molecule has 0 saturated carbocycles. The number of ketones is 1. The Morgan fingerprint density at radius 2 is 2.05 bits per heavy atom. The van der Waals surface area contributed by atoms with Crippen LogP contribution in [0.25, 0.3) is 0 Å². The quantitative estimate of drug-likeness (QED) is 0.562. The van der Waals surface area contributed by atoms with Crippen molar-refractivity contribution < 1.29 is 4.79 Å². The van der Waals surface area contributed by atoms with Crippen LogP contribution >= 0.6 is 0 Å².